The van der Waals surface area contributed by atoms with Crippen molar-refractivity contribution in [2.75, 3.05) is 12.0 Å². The lowest BCUT2D eigenvalue weighted by Gasteiger charge is -2.14. The Morgan fingerprint density at radius 3 is 2.33 bits per heavy atom. The normalized spacial score (nSPS) is 16.7. The minimum Gasteiger partial charge on any atom is -0.497 e. The van der Waals surface area contributed by atoms with Gasteiger partial charge in [0.2, 0.25) is 0 Å². The van der Waals surface area contributed by atoms with E-state index >= 15 is 0 Å². The van der Waals surface area contributed by atoms with Crippen LogP contribution in [0.15, 0.2) is 53.4 Å². The predicted octanol–water partition coefficient (Wildman–Crippen LogP) is 5.28. The van der Waals surface area contributed by atoms with E-state index in [9.17, 15) is 4.79 Å². The van der Waals surface area contributed by atoms with Crippen LogP contribution >= 0.6 is 24.0 Å². The highest BCUT2D eigenvalue weighted by Crippen LogP contribution is 2.36. The van der Waals surface area contributed by atoms with Crippen molar-refractivity contribution in [1.29, 1.82) is 0 Å². The molecule has 2 aromatic carbocycles. The molecule has 6 heteroatoms. The molecule has 0 aliphatic carbocycles. The first kappa shape index (κ1) is 19.5. The third-order valence-corrected chi connectivity index (χ3v) is 5.52. The Kier molecular flexibility index (Phi) is 6.19. The number of methoxy groups -OCH3 is 1. The molecule has 1 aliphatic heterocycles. The molecule has 27 heavy (non-hydrogen) atoms. The summed E-state index contributed by atoms with van der Waals surface area (Å²) in [5.74, 6) is 1.45. The van der Waals surface area contributed by atoms with E-state index in [0.717, 1.165) is 29.2 Å². The van der Waals surface area contributed by atoms with Gasteiger partial charge < -0.3 is 9.47 Å². The first-order valence-electron chi connectivity index (χ1n) is 8.70. The average Bonchev–Trinajstić information content (AvgIpc) is 2.96. The van der Waals surface area contributed by atoms with Crippen LogP contribution in [0.4, 0.5) is 5.69 Å². The topological polar surface area (TPSA) is 38.8 Å². The van der Waals surface area contributed by atoms with Crippen LogP contribution in [-0.2, 0) is 4.79 Å². The van der Waals surface area contributed by atoms with E-state index < -0.39 is 0 Å². The zero-order valence-corrected chi connectivity index (χ0v) is 17.1. The molecule has 140 valence electrons. The number of carbonyl (C=O) groups excluding carboxylic acids is 1. The lowest BCUT2D eigenvalue weighted by atomic mass is 10.2. The molecule has 0 bridgehead atoms. The molecular weight excluding hydrogens is 378 g/mol. The lowest BCUT2D eigenvalue weighted by molar-refractivity contribution is -0.113. The number of hydrogen-bond donors (Lipinski definition) is 0. The Hall–Kier alpha value is -2.31. The van der Waals surface area contributed by atoms with Crippen LogP contribution in [0.5, 0.6) is 11.5 Å². The van der Waals surface area contributed by atoms with Gasteiger partial charge in [-0.25, -0.2) is 0 Å². The van der Waals surface area contributed by atoms with Gasteiger partial charge in [0.25, 0.3) is 5.91 Å². The van der Waals surface area contributed by atoms with Crippen molar-refractivity contribution in [3.8, 4) is 11.5 Å². The number of amides is 1. The van der Waals surface area contributed by atoms with Crippen LogP contribution in [0.25, 0.3) is 6.08 Å². The van der Waals surface area contributed by atoms with Crippen LogP contribution in [0.2, 0.25) is 0 Å². The van der Waals surface area contributed by atoms with Gasteiger partial charge in [0.1, 0.15) is 11.5 Å². The van der Waals surface area contributed by atoms with Crippen molar-refractivity contribution in [1.82, 2.24) is 0 Å². The highest BCUT2D eigenvalue weighted by molar-refractivity contribution is 8.27. The van der Waals surface area contributed by atoms with E-state index in [1.165, 1.54) is 11.8 Å². The molecule has 3 rings (SSSR count). The summed E-state index contributed by atoms with van der Waals surface area (Å²) in [6, 6.07) is 15.0. The summed E-state index contributed by atoms with van der Waals surface area (Å²) in [6.45, 7) is 4.13. The van der Waals surface area contributed by atoms with Crippen molar-refractivity contribution in [2.45, 2.75) is 26.4 Å². The molecule has 2 aromatic rings. The number of carbonyl (C=O) groups is 1. The fourth-order valence-electron chi connectivity index (χ4n) is 2.53. The number of thioether (sulfide) groups is 1. The number of rotatable bonds is 6. The van der Waals surface area contributed by atoms with Gasteiger partial charge in [-0.2, -0.15) is 0 Å². The Morgan fingerprint density at radius 1 is 1.11 bits per heavy atom. The van der Waals surface area contributed by atoms with E-state index in [1.54, 1.807) is 12.0 Å². The highest BCUT2D eigenvalue weighted by atomic mass is 32.2. The molecular formula is C21H21NO3S2. The van der Waals surface area contributed by atoms with Gasteiger partial charge in [-0.05, 0) is 61.4 Å². The summed E-state index contributed by atoms with van der Waals surface area (Å²) in [7, 11) is 1.61. The van der Waals surface area contributed by atoms with E-state index in [1.807, 2.05) is 61.5 Å². The van der Waals surface area contributed by atoms with Gasteiger partial charge in [0, 0.05) is 0 Å². The van der Waals surface area contributed by atoms with Gasteiger partial charge in [-0.3, -0.25) is 9.69 Å². The molecule has 0 saturated carbocycles. The maximum absolute atomic E-state index is 12.8. The minimum atomic E-state index is -0.116. The van der Waals surface area contributed by atoms with Crippen LogP contribution in [-0.4, -0.2) is 23.4 Å². The second-order valence-corrected chi connectivity index (χ2v) is 7.80. The Balaban J connectivity index is 1.77. The largest absolute Gasteiger partial charge is 0.497 e. The molecule has 0 aromatic heterocycles. The number of thiocarbonyl (C=S) groups is 1. The molecule has 1 aliphatic rings. The first-order valence-corrected chi connectivity index (χ1v) is 9.93. The molecule has 1 amide bonds. The third kappa shape index (κ3) is 4.51. The first-order chi connectivity index (χ1) is 13.0. The molecule has 4 nitrogen and oxygen atoms in total. The highest BCUT2D eigenvalue weighted by Gasteiger charge is 2.33. The summed E-state index contributed by atoms with van der Waals surface area (Å²) in [4.78, 5) is 15.0. The summed E-state index contributed by atoms with van der Waals surface area (Å²) < 4.78 is 11.5. The number of hydrogen-bond acceptors (Lipinski definition) is 5. The Bertz CT molecular complexity index is 860. The maximum Gasteiger partial charge on any atom is 0.270 e. The molecule has 0 radical (unpaired) electrons. The molecule has 1 saturated heterocycles. The summed E-state index contributed by atoms with van der Waals surface area (Å²) in [5, 5.41) is 0. The number of benzene rings is 2. The standard InChI is InChI=1S/C21H21NO3S2/c1-4-14(2)25-18-9-5-15(6-10-18)13-19-20(23)22(21(26)27-19)16-7-11-17(24-3)12-8-16/h5-14H,4H2,1-3H3/b19-13+/t14-/m1/s1. The minimum absolute atomic E-state index is 0.116. The third-order valence-electron chi connectivity index (χ3n) is 4.21. The Labute approximate surface area is 169 Å². The van der Waals surface area contributed by atoms with Gasteiger partial charge in [-0.1, -0.05) is 43.0 Å². The second kappa shape index (κ2) is 8.59. The average molecular weight is 400 g/mol. The quantitative estimate of drug-likeness (QED) is 0.488. The lowest BCUT2D eigenvalue weighted by Crippen LogP contribution is -2.27. The van der Waals surface area contributed by atoms with Crippen molar-refractivity contribution in [3.05, 3.63) is 59.0 Å². The zero-order chi connectivity index (χ0) is 19.4. The smallest absolute Gasteiger partial charge is 0.270 e. The Morgan fingerprint density at radius 2 is 1.74 bits per heavy atom. The number of ether oxygens (including phenoxy) is 2. The SMILES string of the molecule is CC[C@@H](C)Oc1ccc(/C=C2/SC(=S)N(c3ccc(OC)cc3)C2=O)cc1. The fraction of sp³-hybridized carbons (Fsp3) is 0.238. The van der Waals surface area contributed by atoms with Crippen molar-refractivity contribution >= 4 is 46.0 Å². The zero-order valence-electron chi connectivity index (χ0n) is 15.5. The maximum atomic E-state index is 12.8. The van der Waals surface area contributed by atoms with Crippen LogP contribution in [0.1, 0.15) is 25.8 Å². The van der Waals surface area contributed by atoms with E-state index in [4.69, 9.17) is 21.7 Å². The van der Waals surface area contributed by atoms with Gasteiger partial charge in [-0.15, -0.1) is 0 Å². The molecule has 1 heterocycles. The molecule has 0 unspecified atom stereocenters. The van der Waals surface area contributed by atoms with Crippen molar-refractivity contribution < 1.29 is 14.3 Å². The van der Waals surface area contributed by atoms with Crippen molar-refractivity contribution in [3.63, 3.8) is 0 Å². The molecule has 1 atom stereocenters. The van der Waals surface area contributed by atoms with Crippen LogP contribution < -0.4 is 14.4 Å². The van der Waals surface area contributed by atoms with E-state index in [0.29, 0.717) is 9.23 Å². The summed E-state index contributed by atoms with van der Waals surface area (Å²) >= 11 is 6.72. The van der Waals surface area contributed by atoms with Crippen molar-refractivity contribution in [2.24, 2.45) is 0 Å². The van der Waals surface area contributed by atoms with Gasteiger partial charge in [0.15, 0.2) is 4.32 Å². The fourth-order valence-corrected chi connectivity index (χ4v) is 3.83. The molecule has 0 spiro atoms. The molecule has 1 fully saturated rings. The number of nitrogens with zero attached hydrogens (tertiary/aromatic N) is 1. The van der Waals surface area contributed by atoms with Gasteiger partial charge >= 0.3 is 0 Å². The monoisotopic (exact) mass is 399 g/mol. The summed E-state index contributed by atoms with van der Waals surface area (Å²) in [5.41, 5.74) is 1.67. The summed E-state index contributed by atoms with van der Waals surface area (Å²) in [6.07, 6.45) is 2.99. The second-order valence-electron chi connectivity index (χ2n) is 6.12. The molecule has 0 N–H and O–H groups in total. The van der Waals surface area contributed by atoms with E-state index in [-0.39, 0.29) is 12.0 Å². The van der Waals surface area contributed by atoms with Crippen LogP contribution in [0.3, 0.4) is 0 Å². The van der Waals surface area contributed by atoms with Gasteiger partial charge in [0.05, 0.1) is 23.8 Å². The van der Waals surface area contributed by atoms with E-state index in [2.05, 4.69) is 6.92 Å². The number of anilines is 1. The van der Waals surface area contributed by atoms with Crippen LogP contribution in [0, 0.1) is 0 Å². The predicted molar refractivity (Wildman–Crippen MR) is 115 cm³/mol.